The van der Waals surface area contributed by atoms with Crippen molar-refractivity contribution >= 4 is 11.6 Å². The van der Waals surface area contributed by atoms with Crippen molar-refractivity contribution in [3.8, 4) is 34.7 Å². The molecular weight excluding hydrogens is 460 g/mol. The van der Waals surface area contributed by atoms with Crippen molar-refractivity contribution in [2.75, 3.05) is 0 Å². The van der Waals surface area contributed by atoms with Gasteiger partial charge in [-0.05, 0) is 67.1 Å². The van der Waals surface area contributed by atoms with E-state index in [2.05, 4.69) is 21.9 Å². The molecule has 0 amide bonds. The molecule has 170 valence electrons. The van der Waals surface area contributed by atoms with Gasteiger partial charge in [0, 0.05) is 28.5 Å². The largest absolute Gasteiger partial charge is 0.449 e. The van der Waals surface area contributed by atoms with Crippen molar-refractivity contribution in [1.82, 2.24) is 19.3 Å². The lowest BCUT2D eigenvalue weighted by molar-refractivity contribution is 0.461. The highest BCUT2D eigenvalue weighted by molar-refractivity contribution is 6.30. The summed E-state index contributed by atoms with van der Waals surface area (Å²) >= 11 is 6.01. The first-order chi connectivity index (χ1) is 17.1. The molecule has 3 aromatic carbocycles. The Kier molecular flexibility index (Phi) is 6.16. The standard InChI is InChI=1S/C28H19ClN4O2/c1-20-17-22(8-7-21-5-3-2-4-6-21)9-14-26(20)35-27-25(32-16-15-30-19-32)18-31-33(28(27)34)24-12-10-23(29)11-13-24/h2-6,9-19H,1H3. The van der Waals surface area contributed by atoms with Gasteiger partial charge in [-0.2, -0.15) is 9.78 Å². The van der Waals surface area contributed by atoms with Crippen molar-refractivity contribution in [3.63, 3.8) is 0 Å². The molecular formula is C28H19ClN4O2. The van der Waals surface area contributed by atoms with Gasteiger partial charge in [0.05, 0.1) is 18.2 Å². The van der Waals surface area contributed by atoms with Crippen LogP contribution in [0.15, 0.2) is 103 Å². The number of imidazole rings is 1. The molecule has 0 saturated heterocycles. The van der Waals surface area contributed by atoms with Crippen LogP contribution < -0.4 is 10.3 Å². The number of rotatable bonds is 4. The minimum atomic E-state index is -0.411. The lowest BCUT2D eigenvalue weighted by Crippen LogP contribution is -2.23. The molecule has 0 atom stereocenters. The molecule has 0 radical (unpaired) electrons. The van der Waals surface area contributed by atoms with Crippen LogP contribution in [0.25, 0.3) is 11.4 Å². The van der Waals surface area contributed by atoms with Crippen LogP contribution in [0.2, 0.25) is 5.02 Å². The monoisotopic (exact) mass is 478 g/mol. The van der Waals surface area contributed by atoms with E-state index in [1.165, 1.54) is 4.68 Å². The molecule has 35 heavy (non-hydrogen) atoms. The van der Waals surface area contributed by atoms with Gasteiger partial charge in [0.2, 0.25) is 5.75 Å². The number of halogens is 1. The normalized spacial score (nSPS) is 10.5. The van der Waals surface area contributed by atoms with Crippen molar-refractivity contribution in [2.45, 2.75) is 6.92 Å². The second-order valence-corrected chi connectivity index (χ2v) is 8.16. The van der Waals surface area contributed by atoms with E-state index in [-0.39, 0.29) is 5.75 Å². The van der Waals surface area contributed by atoms with Gasteiger partial charge in [-0.25, -0.2) is 4.98 Å². The average Bonchev–Trinajstić information content (AvgIpc) is 3.41. The molecule has 2 aromatic heterocycles. The number of nitrogens with zero attached hydrogens (tertiary/aromatic N) is 4. The van der Waals surface area contributed by atoms with E-state index < -0.39 is 5.56 Å². The Morgan fingerprint density at radius 1 is 0.943 bits per heavy atom. The Labute approximate surface area is 207 Å². The molecule has 0 aliphatic carbocycles. The quantitative estimate of drug-likeness (QED) is 0.317. The van der Waals surface area contributed by atoms with Crippen LogP contribution >= 0.6 is 11.6 Å². The van der Waals surface area contributed by atoms with E-state index in [1.807, 2.05) is 55.5 Å². The highest BCUT2D eigenvalue weighted by atomic mass is 35.5. The third-order valence-electron chi connectivity index (χ3n) is 5.28. The average molecular weight is 479 g/mol. The van der Waals surface area contributed by atoms with Crippen LogP contribution in [0.3, 0.4) is 0 Å². The first kappa shape index (κ1) is 22.2. The Balaban J connectivity index is 1.53. The number of benzene rings is 3. The third-order valence-corrected chi connectivity index (χ3v) is 5.53. The Bertz CT molecular complexity index is 1600. The van der Waals surface area contributed by atoms with E-state index in [4.69, 9.17) is 16.3 Å². The van der Waals surface area contributed by atoms with E-state index in [1.54, 1.807) is 53.8 Å². The number of hydrogen-bond donors (Lipinski definition) is 0. The van der Waals surface area contributed by atoms with Gasteiger partial charge in [0.25, 0.3) is 0 Å². The van der Waals surface area contributed by atoms with Crippen LogP contribution in [-0.2, 0) is 0 Å². The maximum atomic E-state index is 13.5. The van der Waals surface area contributed by atoms with Gasteiger partial charge < -0.3 is 9.30 Å². The minimum Gasteiger partial charge on any atom is -0.449 e. The van der Waals surface area contributed by atoms with Crippen molar-refractivity contribution in [1.29, 1.82) is 0 Å². The van der Waals surface area contributed by atoms with Crippen molar-refractivity contribution in [2.24, 2.45) is 0 Å². The fourth-order valence-corrected chi connectivity index (χ4v) is 3.62. The van der Waals surface area contributed by atoms with E-state index in [0.29, 0.717) is 22.1 Å². The second-order valence-electron chi connectivity index (χ2n) is 7.72. The molecule has 0 fully saturated rings. The van der Waals surface area contributed by atoms with Crippen LogP contribution in [0, 0.1) is 18.8 Å². The highest BCUT2D eigenvalue weighted by Crippen LogP contribution is 2.28. The van der Waals surface area contributed by atoms with Crippen LogP contribution in [-0.4, -0.2) is 19.3 Å². The summed E-state index contributed by atoms with van der Waals surface area (Å²) in [5, 5.41) is 4.91. The van der Waals surface area contributed by atoms with E-state index >= 15 is 0 Å². The highest BCUT2D eigenvalue weighted by Gasteiger charge is 2.17. The zero-order chi connectivity index (χ0) is 24.2. The fourth-order valence-electron chi connectivity index (χ4n) is 3.49. The van der Waals surface area contributed by atoms with Crippen molar-refractivity contribution < 1.29 is 4.74 Å². The molecule has 5 rings (SSSR count). The predicted octanol–water partition coefficient (Wildman–Crippen LogP) is 5.57. The zero-order valence-electron chi connectivity index (χ0n) is 18.7. The minimum absolute atomic E-state index is 0.124. The van der Waals surface area contributed by atoms with E-state index in [9.17, 15) is 4.79 Å². The molecule has 5 aromatic rings. The maximum absolute atomic E-state index is 13.5. The summed E-state index contributed by atoms with van der Waals surface area (Å²) in [4.78, 5) is 17.6. The Hall–Kier alpha value is -4.60. The molecule has 2 heterocycles. The lowest BCUT2D eigenvalue weighted by atomic mass is 10.1. The van der Waals surface area contributed by atoms with Gasteiger partial charge in [-0.3, -0.25) is 4.79 Å². The predicted molar refractivity (Wildman–Crippen MR) is 136 cm³/mol. The maximum Gasteiger partial charge on any atom is 0.316 e. The SMILES string of the molecule is Cc1cc(C#Cc2ccccc2)ccc1Oc1c(-n2ccnc2)cnn(-c2ccc(Cl)cc2)c1=O. The number of aromatic nitrogens is 4. The Morgan fingerprint density at radius 3 is 2.43 bits per heavy atom. The fraction of sp³-hybridized carbons (Fsp3) is 0.0357. The van der Waals surface area contributed by atoms with Crippen LogP contribution in [0.1, 0.15) is 16.7 Å². The smallest absolute Gasteiger partial charge is 0.316 e. The molecule has 7 heteroatoms. The first-order valence-electron chi connectivity index (χ1n) is 10.8. The summed E-state index contributed by atoms with van der Waals surface area (Å²) in [6.07, 6.45) is 6.51. The number of aryl methyl sites for hydroxylation is 1. The van der Waals surface area contributed by atoms with Gasteiger partial charge in [0.1, 0.15) is 11.4 Å². The van der Waals surface area contributed by atoms with Crippen LogP contribution in [0.4, 0.5) is 0 Å². The summed E-state index contributed by atoms with van der Waals surface area (Å²) < 4.78 is 9.17. The molecule has 0 saturated carbocycles. The molecule has 0 aliphatic rings. The van der Waals surface area contributed by atoms with Gasteiger partial charge in [-0.15, -0.1) is 0 Å². The molecule has 0 N–H and O–H groups in total. The van der Waals surface area contributed by atoms with E-state index in [0.717, 1.165) is 16.7 Å². The van der Waals surface area contributed by atoms with Crippen LogP contribution in [0.5, 0.6) is 11.5 Å². The Morgan fingerprint density at radius 2 is 1.71 bits per heavy atom. The third kappa shape index (κ3) is 4.86. The summed E-state index contributed by atoms with van der Waals surface area (Å²) in [6, 6.07) is 22.3. The zero-order valence-corrected chi connectivity index (χ0v) is 19.5. The molecule has 0 unspecified atom stereocenters. The molecule has 0 aliphatic heterocycles. The summed E-state index contributed by atoms with van der Waals surface area (Å²) in [6.45, 7) is 1.92. The second kappa shape index (κ2) is 9.72. The van der Waals surface area contributed by atoms with Crippen molar-refractivity contribution in [3.05, 3.63) is 130 Å². The van der Waals surface area contributed by atoms with Gasteiger partial charge in [0.15, 0.2) is 0 Å². The van der Waals surface area contributed by atoms with Gasteiger partial charge in [-0.1, -0.05) is 41.6 Å². The summed E-state index contributed by atoms with van der Waals surface area (Å²) in [5.74, 6) is 6.99. The lowest BCUT2D eigenvalue weighted by Gasteiger charge is -2.14. The number of ether oxygens (including phenoxy) is 1. The molecule has 0 spiro atoms. The number of hydrogen-bond acceptors (Lipinski definition) is 4. The summed E-state index contributed by atoms with van der Waals surface area (Å²) in [7, 11) is 0. The summed E-state index contributed by atoms with van der Waals surface area (Å²) in [5.41, 5.74) is 3.27. The first-order valence-corrected chi connectivity index (χ1v) is 11.2. The molecule has 6 nitrogen and oxygen atoms in total. The molecule has 0 bridgehead atoms. The van der Waals surface area contributed by atoms with Gasteiger partial charge >= 0.3 is 5.56 Å². The topological polar surface area (TPSA) is 61.9 Å².